The zero-order valence-electron chi connectivity index (χ0n) is 15.0. The molecule has 1 N–H and O–H groups in total. The molecule has 2 aromatic rings. The van der Waals surface area contributed by atoms with Gasteiger partial charge < -0.3 is 14.8 Å². The number of benzene rings is 2. The first-order valence-electron chi connectivity index (χ1n) is 8.98. The second-order valence-electron chi connectivity index (χ2n) is 6.41. The number of ether oxygens (including phenoxy) is 2. The Morgan fingerprint density at radius 3 is 2.48 bits per heavy atom. The molecule has 7 heteroatoms. The maximum atomic E-state index is 6.23. The molecule has 0 atom stereocenters. The minimum atomic E-state index is 0.373. The maximum absolute atomic E-state index is 6.23. The third-order valence-electron chi connectivity index (χ3n) is 4.44. The van der Waals surface area contributed by atoms with Gasteiger partial charge in [-0.1, -0.05) is 40.9 Å². The van der Waals surface area contributed by atoms with E-state index in [0.717, 1.165) is 56.3 Å². The van der Waals surface area contributed by atoms with E-state index in [9.17, 15) is 0 Å². The summed E-state index contributed by atoms with van der Waals surface area (Å²) in [5.41, 5.74) is 1.91. The number of hydrogen-bond donors (Lipinski definition) is 1. The van der Waals surface area contributed by atoms with Gasteiger partial charge in [0.2, 0.25) is 0 Å². The summed E-state index contributed by atoms with van der Waals surface area (Å²) in [5.74, 6) is 0.796. The SMILES string of the molecule is Clc1ccc(COc2ccc(Cl)cc2CNCCN2CCOCC2)c(Cl)c1. The lowest BCUT2D eigenvalue weighted by atomic mass is 10.2. The Morgan fingerprint density at radius 1 is 0.963 bits per heavy atom. The van der Waals surface area contributed by atoms with Crippen LogP contribution < -0.4 is 10.1 Å². The Kier molecular flexibility index (Phi) is 8.07. The van der Waals surface area contributed by atoms with Crippen LogP contribution in [0.5, 0.6) is 5.75 Å². The van der Waals surface area contributed by atoms with E-state index < -0.39 is 0 Å². The van der Waals surface area contributed by atoms with Gasteiger partial charge >= 0.3 is 0 Å². The van der Waals surface area contributed by atoms with Crippen molar-refractivity contribution in [1.82, 2.24) is 10.2 Å². The van der Waals surface area contributed by atoms with Crippen LogP contribution in [0.4, 0.5) is 0 Å². The minimum absolute atomic E-state index is 0.373. The summed E-state index contributed by atoms with van der Waals surface area (Å²) in [6.45, 7) is 6.59. The van der Waals surface area contributed by atoms with Crippen molar-refractivity contribution in [1.29, 1.82) is 0 Å². The molecule has 0 spiro atoms. The van der Waals surface area contributed by atoms with Gasteiger partial charge in [-0.3, -0.25) is 4.90 Å². The van der Waals surface area contributed by atoms with Gasteiger partial charge in [0.25, 0.3) is 0 Å². The first-order valence-corrected chi connectivity index (χ1v) is 10.1. The number of halogens is 3. The third-order valence-corrected chi connectivity index (χ3v) is 5.27. The molecule has 3 rings (SSSR count). The van der Waals surface area contributed by atoms with Crippen LogP contribution in [0.15, 0.2) is 36.4 Å². The van der Waals surface area contributed by atoms with Crippen molar-refractivity contribution in [3.63, 3.8) is 0 Å². The number of morpholine rings is 1. The first kappa shape index (κ1) is 20.7. The van der Waals surface area contributed by atoms with Gasteiger partial charge in [-0.05, 0) is 30.3 Å². The fourth-order valence-corrected chi connectivity index (χ4v) is 3.56. The molecule has 4 nitrogen and oxygen atoms in total. The van der Waals surface area contributed by atoms with Crippen LogP contribution in [0, 0.1) is 0 Å². The summed E-state index contributed by atoms with van der Waals surface area (Å²) in [6.07, 6.45) is 0. The molecule has 0 amide bonds. The smallest absolute Gasteiger partial charge is 0.124 e. The van der Waals surface area contributed by atoms with Crippen LogP contribution in [0.2, 0.25) is 15.1 Å². The lowest BCUT2D eigenvalue weighted by Crippen LogP contribution is -2.40. The monoisotopic (exact) mass is 428 g/mol. The molecule has 1 aliphatic heterocycles. The molecule has 0 bridgehead atoms. The molecule has 0 aliphatic carbocycles. The van der Waals surface area contributed by atoms with Crippen LogP contribution in [0.3, 0.4) is 0 Å². The number of hydrogen-bond acceptors (Lipinski definition) is 4. The molecule has 0 saturated carbocycles. The van der Waals surface area contributed by atoms with Crippen molar-refractivity contribution in [2.24, 2.45) is 0 Å². The standard InChI is InChI=1S/C20H23Cl3N2O2/c21-17-3-4-20(27-14-15-1-2-18(22)12-19(15)23)16(11-17)13-24-5-6-25-7-9-26-10-8-25/h1-4,11-12,24H,5-10,13-14H2. The molecular formula is C20H23Cl3N2O2. The van der Waals surface area contributed by atoms with Gasteiger partial charge in [0.05, 0.1) is 13.2 Å². The number of rotatable bonds is 8. The summed E-state index contributed by atoms with van der Waals surface area (Å²) >= 11 is 18.3. The topological polar surface area (TPSA) is 33.7 Å². The van der Waals surface area contributed by atoms with Gasteiger partial charge in [0.1, 0.15) is 12.4 Å². The van der Waals surface area contributed by atoms with E-state index in [-0.39, 0.29) is 0 Å². The Morgan fingerprint density at radius 2 is 1.70 bits per heavy atom. The highest BCUT2D eigenvalue weighted by Gasteiger charge is 2.10. The molecule has 0 unspecified atom stereocenters. The molecule has 0 aromatic heterocycles. The van der Waals surface area contributed by atoms with E-state index in [2.05, 4.69) is 10.2 Å². The highest BCUT2D eigenvalue weighted by Crippen LogP contribution is 2.26. The predicted molar refractivity (Wildman–Crippen MR) is 111 cm³/mol. The van der Waals surface area contributed by atoms with Crippen LogP contribution >= 0.6 is 34.8 Å². The Hall–Kier alpha value is -1.01. The number of nitrogens with one attached hydrogen (secondary N) is 1. The van der Waals surface area contributed by atoms with Crippen molar-refractivity contribution >= 4 is 34.8 Å². The van der Waals surface area contributed by atoms with Crippen molar-refractivity contribution < 1.29 is 9.47 Å². The zero-order valence-corrected chi connectivity index (χ0v) is 17.3. The molecule has 1 fully saturated rings. The van der Waals surface area contributed by atoms with E-state index >= 15 is 0 Å². The lowest BCUT2D eigenvalue weighted by Gasteiger charge is -2.26. The average Bonchev–Trinajstić information content (AvgIpc) is 2.66. The molecular weight excluding hydrogens is 407 g/mol. The third kappa shape index (κ3) is 6.53. The fraction of sp³-hybridized carbons (Fsp3) is 0.400. The van der Waals surface area contributed by atoms with Crippen LogP contribution in [-0.4, -0.2) is 44.3 Å². The van der Waals surface area contributed by atoms with E-state index in [1.165, 1.54) is 0 Å². The molecule has 1 heterocycles. The van der Waals surface area contributed by atoms with Gasteiger partial charge in [0.15, 0.2) is 0 Å². The Balaban J connectivity index is 1.54. The Bertz CT molecular complexity index is 752. The minimum Gasteiger partial charge on any atom is -0.489 e. The molecule has 1 saturated heterocycles. The van der Waals surface area contributed by atoms with E-state index in [0.29, 0.717) is 28.2 Å². The van der Waals surface area contributed by atoms with Gasteiger partial charge in [-0.2, -0.15) is 0 Å². The molecule has 27 heavy (non-hydrogen) atoms. The summed E-state index contributed by atoms with van der Waals surface area (Å²) in [4.78, 5) is 2.40. The zero-order chi connectivity index (χ0) is 19.1. The highest BCUT2D eigenvalue weighted by molar-refractivity contribution is 6.35. The van der Waals surface area contributed by atoms with Crippen LogP contribution in [0.25, 0.3) is 0 Å². The quantitative estimate of drug-likeness (QED) is 0.619. The largest absolute Gasteiger partial charge is 0.489 e. The van der Waals surface area contributed by atoms with Crippen molar-refractivity contribution in [3.8, 4) is 5.75 Å². The summed E-state index contributed by atoms with van der Waals surface area (Å²) in [7, 11) is 0. The second-order valence-corrected chi connectivity index (χ2v) is 7.69. The molecule has 0 radical (unpaired) electrons. The summed E-state index contributed by atoms with van der Waals surface area (Å²) in [5, 5.41) is 5.37. The van der Waals surface area contributed by atoms with Crippen molar-refractivity contribution in [2.45, 2.75) is 13.2 Å². The highest BCUT2D eigenvalue weighted by atomic mass is 35.5. The summed E-state index contributed by atoms with van der Waals surface area (Å²) < 4.78 is 11.4. The number of nitrogens with zero attached hydrogens (tertiary/aromatic N) is 1. The van der Waals surface area contributed by atoms with E-state index in [4.69, 9.17) is 44.3 Å². The normalized spacial score (nSPS) is 15.1. The Labute approximate surface area is 175 Å². The maximum Gasteiger partial charge on any atom is 0.124 e. The van der Waals surface area contributed by atoms with Gasteiger partial charge in [0, 0.05) is 58.9 Å². The van der Waals surface area contributed by atoms with E-state index in [1.807, 2.05) is 30.3 Å². The first-order chi connectivity index (χ1) is 13.1. The second kappa shape index (κ2) is 10.5. The average molecular weight is 430 g/mol. The summed E-state index contributed by atoms with van der Waals surface area (Å²) in [6, 6.07) is 11.1. The van der Waals surface area contributed by atoms with Crippen molar-refractivity contribution in [3.05, 3.63) is 62.6 Å². The molecule has 146 valence electrons. The van der Waals surface area contributed by atoms with Crippen molar-refractivity contribution in [2.75, 3.05) is 39.4 Å². The molecule has 1 aliphatic rings. The van der Waals surface area contributed by atoms with Crippen LogP contribution in [-0.2, 0) is 17.9 Å². The van der Waals surface area contributed by atoms with Gasteiger partial charge in [-0.15, -0.1) is 0 Å². The predicted octanol–water partition coefficient (Wildman–Crippen LogP) is 4.65. The van der Waals surface area contributed by atoms with E-state index in [1.54, 1.807) is 6.07 Å². The lowest BCUT2D eigenvalue weighted by molar-refractivity contribution is 0.0384. The van der Waals surface area contributed by atoms with Crippen LogP contribution in [0.1, 0.15) is 11.1 Å². The van der Waals surface area contributed by atoms with Gasteiger partial charge in [-0.25, -0.2) is 0 Å². The fourth-order valence-electron chi connectivity index (χ4n) is 2.91. The molecule has 2 aromatic carbocycles.